The average Bonchev–Trinajstić information content (AvgIpc) is 1.86. The molecule has 1 aromatic rings. The maximum atomic E-state index is 10.6. The molecule has 0 unspecified atom stereocenters. The van der Waals surface area contributed by atoms with Gasteiger partial charge in [-0.15, -0.1) is 0 Å². The highest BCUT2D eigenvalue weighted by molar-refractivity contribution is 5.64. The number of aromatic nitrogens is 2. The number of hydrogen-bond acceptors (Lipinski definition) is 2. The van der Waals surface area contributed by atoms with E-state index in [9.17, 15) is 5.11 Å². The fourth-order valence-corrected chi connectivity index (χ4v) is 0.792. The van der Waals surface area contributed by atoms with Gasteiger partial charge < -0.3 is 5.11 Å². The van der Waals surface area contributed by atoms with Crippen molar-refractivity contribution in [2.45, 2.75) is 0 Å². The van der Waals surface area contributed by atoms with Gasteiger partial charge in [0.1, 0.15) is 0 Å². The Hall–Kier alpha value is -1.38. The molecule has 9 heavy (non-hydrogen) atoms. The van der Waals surface area contributed by atoms with Crippen molar-refractivity contribution < 1.29 is 9.79 Å². The summed E-state index contributed by atoms with van der Waals surface area (Å²) in [6.45, 7) is 0. The van der Waals surface area contributed by atoms with Crippen molar-refractivity contribution in [3.05, 3.63) is 24.0 Å². The lowest BCUT2D eigenvalue weighted by molar-refractivity contribution is -0.656. The SMILES string of the molecule is [O-]C1=C[n+]2ncccc21. The van der Waals surface area contributed by atoms with Crippen LogP contribution in [-0.4, -0.2) is 5.10 Å². The number of rotatable bonds is 0. The van der Waals surface area contributed by atoms with E-state index in [1.54, 1.807) is 23.0 Å². The lowest BCUT2D eigenvalue weighted by Gasteiger charge is -2.11. The van der Waals surface area contributed by atoms with Crippen LogP contribution in [0, 0.1) is 0 Å². The van der Waals surface area contributed by atoms with Gasteiger partial charge >= 0.3 is 0 Å². The lowest BCUT2D eigenvalue weighted by Crippen LogP contribution is -2.45. The molecule has 0 spiro atoms. The van der Waals surface area contributed by atoms with E-state index in [0.29, 0.717) is 5.69 Å². The zero-order chi connectivity index (χ0) is 6.27. The number of hydrogen-bond donors (Lipinski definition) is 0. The van der Waals surface area contributed by atoms with Gasteiger partial charge in [0, 0.05) is 11.8 Å². The van der Waals surface area contributed by atoms with E-state index in [-0.39, 0.29) is 5.76 Å². The van der Waals surface area contributed by atoms with Crippen molar-refractivity contribution in [2.75, 3.05) is 0 Å². The summed E-state index contributed by atoms with van der Waals surface area (Å²) in [5.74, 6) is 0.0584. The van der Waals surface area contributed by atoms with Crippen LogP contribution in [0.15, 0.2) is 18.3 Å². The van der Waals surface area contributed by atoms with Gasteiger partial charge in [-0.1, -0.05) is 4.68 Å². The minimum absolute atomic E-state index is 0.0584. The van der Waals surface area contributed by atoms with Gasteiger partial charge in [-0.25, -0.2) is 0 Å². The van der Waals surface area contributed by atoms with E-state index < -0.39 is 0 Å². The summed E-state index contributed by atoms with van der Waals surface area (Å²) in [6.07, 6.45) is 3.10. The van der Waals surface area contributed by atoms with Gasteiger partial charge in [0.05, 0.1) is 6.20 Å². The average molecular weight is 120 g/mol. The van der Waals surface area contributed by atoms with Crippen LogP contribution in [0.1, 0.15) is 5.69 Å². The van der Waals surface area contributed by atoms with Crippen LogP contribution in [-0.2, 0) is 0 Å². The van der Waals surface area contributed by atoms with Gasteiger partial charge in [0.2, 0.25) is 11.9 Å². The summed E-state index contributed by atoms with van der Waals surface area (Å²) < 4.78 is 1.56. The number of fused-ring (bicyclic) bond motifs is 1. The first-order valence-electron chi connectivity index (χ1n) is 2.64. The normalized spacial score (nSPS) is 13.6. The smallest absolute Gasteiger partial charge is 0.236 e. The van der Waals surface area contributed by atoms with E-state index in [1.165, 1.54) is 6.20 Å². The summed E-state index contributed by atoms with van der Waals surface area (Å²) in [6, 6.07) is 3.49. The summed E-state index contributed by atoms with van der Waals surface area (Å²) >= 11 is 0. The maximum absolute atomic E-state index is 10.6. The molecule has 0 atom stereocenters. The van der Waals surface area contributed by atoms with Crippen molar-refractivity contribution in [1.82, 2.24) is 5.10 Å². The Kier molecular flexibility index (Phi) is 0.656. The van der Waals surface area contributed by atoms with E-state index >= 15 is 0 Å². The molecule has 0 radical (unpaired) electrons. The molecule has 0 fully saturated rings. The first kappa shape index (κ1) is 4.49. The molecule has 3 heteroatoms. The van der Waals surface area contributed by atoms with Crippen molar-refractivity contribution in [3.8, 4) is 0 Å². The highest BCUT2D eigenvalue weighted by atomic mass is 16.3. The van der Waals surface area contributed by atoms with E-state index in [2.05, 4.69) is 5.10 Å². The molecule has 0 N–H and O–H groups in total. The second kappa shape index (κ2) is 1.31. The third-order valence-electron chi connectivity index (χ3n) is 1.27. The molecular formula is C6H4N2O. The Bertz CT molecular complexity index is 280. The molecule has 0 amide bonds. The molecule has 0 aliphatic carbocycles. The molecule has 1 aliphatic heterocycles. The molecule has 2 rings (SSSR count). The largest absolute Gasteiger partial charge is 0.864 e. The molecule has 2 heterocycles. The fraction of sp³-hybridized carbons (Fsp3) is 0. The van der Waals surface area contributed by atoms with Gasteiger partial charge in [-0.2, -0.15) is 0 Å². The van der Waals surface area contributed by atoms with Crippen molar-refractivity contribution in [3.63, 3.8) is 0 Å². The second-order valence-electron chi connectivity index (χ2n) is 1.85. The van der Waals surface area contributed by atoms with Crippen LogP contribution >= 0.6 is 0 Å². The summed E-state index contributed by atoms with van der Waals surface area (Å²) in [7, 11) is 0. The Morgan fingerprint density at radius 3 is 3.00 bits per heavy atom. The van der Waals surface area contributed by atoms with Crippen molar-refractivity contribution >= 4 is 12.0 Å². The molecule has 0 bridgehead atoms. The van der Waals surface area contributed by atoms with Gasteiger partial charge in [0.25, 0.3) is 0 Å². The predicted octanol–water partition coefficient (Wildman–Crippen LogP) is -1.00. The highest BCUT2D eigenvalue weighted by Crippen LogP contribution is 2.07. The van der Waals surface area contributed by atoms with Crippen LogP contribution in [0.3, 0.4) is 0 Å². The molecular weight excluding hydrogens is 116 g/mol. The molecule has 1 aromatic heterocycles. The van der Waals surface area contributed by atoms with Crippen molar-refractivity contribution in [2.24, 2.45) is 0 Å². The Labute approximate surface area is 51.9 Å². The summed E-state index contributed by atoms with van der Waals surface area (Å²) in [5, 5.41) is 14.5. The van der Waals surface area contributed by atoms with Crippen LogP contribution < -0.4 is 9.79 Å². The molecule has 1 aliphatic rings. The number of nitrogens with zero attached hydrogens (tertiary/aromatic N) is 2. The van der Waals surface area contributed by atoms with Crippen LogP contribution in [0.5, 0.6) is 0 Å². The standard InChI is InChI=1S/C6H4N2O/c9-6-4-8-5(6)2-1-3-7-8/h1-4H. The first-order valence-corrected chi connectivity index (χ1v) is 2.64. The third-order valence-corrected chi connectivity index (χ3v) is 1.27. The molecule has 0 saturated carbocycles. The zero-order valence-corrected chi connectivity index (χ0v) is 4.61. The topological polar surface area (TPSA) is 39.8 Å². The first-order chi connectivity index (χ1) is 4.38. The summed E-state index contributed by atoms with van der Waals surface area (Å²) in [5.41, 5.74) is 0.664. The Morgan fingerprint density at radius 1 is 1.56 bits per heavy atom. The van der Waals surface area contributed by atoms with Crippen LogP contribution in [0.4, 0.5) is 0 Å². The Balaban J connectivity index is 2.61. The third kappa shape index (κ3) is 0.455. The van der Waals surface area contributed by atoms with E-state index in [0.717, 1.165) is 0 Å². The minimum atomic E-state index is 0.0584. The minimum Gasteiger partial charge on any atom is -0.864 e. The maximum Gasteiger partial charge on any atom is 0.236 e. The predicted molar refractivity (Wildman–Crippen MR) is 28.6 cm³/mol. The quantitative estimate of drug-likeness (QED) is 0.412. The fourth-order valence-electron chi connectivity index (χ4n) is 0.792. The molecule has 0 saturated heterocycles. The van der Waals surface area contributed by atoms with E-state index in [4.69, 9.17) is 0 Å². The van der Waals surface area contributed by atoms with E-state index in [1.807, 2.05) is 0 Å². The van der Waals surface area contributed by atoms with Crippen LogP contribution in [0.25, 0.3) is 12.0 Å². The van der Waals surface area contributed by atoms with Crippen molar-refractivity contribution in [1.29, 1.82) is 0 Å². The van der Waals surface area contributed by atoms with Gasteiger partial charge in [-0.3, -0.25) is 0 Å². The zero-order valence-electron chi connectivity index (χ0n) is 4.61. The van der Waals surface area contributed by atoms with Crippen LogP contribution in [0.2, 0.25) is 0 Å². The molecule has 0 aromatic carbocycles. The monoisotopic (exact) mass is 120 g/mol. The second-order valence-corrected chi connectivity index (χ2v) is 1.85. The molecule has 44 valence electrons. The summed E-state index contributed by atoms with van der Waals surface area (Å²) in [4.78, 5) is 0. The molecule has 3 nitrogen and oxygen atoms in total. The van der Waals surface area contributed by atoms with Gasteiger partial charge in [0.15, 0.2) is 0 Å². The highest BCUT2D eigenvalue weighted by Gasteiger charge is 2.18. The Morgan fingerprint density at radius 2 is 2.44 bits per heavy atom. The van der Waals surface area contributed by atoms with Gasteiger partial charge in [-0.05, 0) is 11.2 Å². The lowest BCUT2D eigenvalue weighted by atomic mass is 10.2.